The van der Waals surface area contributed by atoms with Crippen molar-refractivity contribution in [3.8, 4) is 0 Å². The SMILES string of the molecule is CC(C)c1nn(C)cc1CNC(CO)Cc1ccccc1. The maximum Gasteiger partial charge on any atom is 0.0694 e. The Morgan fingerprint density at radius 3 is 2.57 bits per heavy atom. The molecule has 2 N–H and O–H groups in total. The van der Waals surface area contributed by atoms with Crippen molar-refractivity contribution in [3.63, 3.8) is 0 Å². The third-order valence-electron chi connectivity index (χ3n) is 3.61. The molecule has 0 aliphatic rings. The first kappa shape index (κ1) is 15.7. The highest BCUT2D eigenvalue weighted by atomic mass is 16.3. The summed E-state index contributed by atoms with van der Waals surface area (Å²) in [6.45, 7) is 5.17. The lowest BCUT2D eigenvalue weighted by atomic mass is 10.0. The Kier molecular flexibility index (Phi) is 5.53. The van der Waals surface area contributed by atoms with Crippen LogP contribution in [0.25, 0.3) is 0 Å². The summed E-state index contributed by atoms with van der Waals surface area (Å²) in [5.41, 5.74) is 3.57. The number of aromatic nitrogens is 2. The van der Waals surface area contributed by atoms with Crippen LogP contribution < -0.4 is 5.32 Å². The fraction of sp³-hybridized carbons (Fsp3) is 0.471. The number of hydrogen-bond donors (Lipinski definition) is 2. The van der Waals surface area contributed by atoms with Crippen molar-refractivity contribution in [1.82, 2.24) is 15.1 Å². The van der Waals surface area contributed by atoms with Gasteiger partial charge in [0.05, 0.1) is 12.3 Å². The first-order valence-corrected chi connectivity index (χ1v) is 7.50. The lowest BCUT2D eigenvalue weighted by Crippen LogP contribution is -2.34. The number of nitrogens with zero attached hydrogens (tertiary/aromatic N) is 2. The maximum atomic E-state index is 9.57. The third kappa shape index (κ3) is 4.41. The Morgan fingerprint density at radius 2 is 1.95 bits per heavy atom. The fourth-order valence-corrected chi connectivity index (χ4v) is 2.53. The van der Waals surface area contributed by atoms with Gasteiger partial charge in [-0.1, -0.05) is 44.2 Å². The van der Waals surface area contributed by atoms with Gasteiger partial charge in [0.2, 0.25) is 0 Å². The summed E-state index contributed by atoms with van der Waals surface area (Å²) in [6, 6.07) is 10.3. The molecule has 0 bridgehead atoms. The second kappa shape index (κ2) is 7.38. The van der Waals surface area contributed by atoms with Gasteiger partial charge in [-0.15, -0.1) is 0 Å². The van der Waals surface area contributed by atoms with E-state index in [1.54, 1.807) is 0 Å². The monoisotopic (exact) mass is 287 g/mol. The number of rotatable bonds is 7. The molecule has 0 aliphatic heterocycles. The molecule has 0 saturated carbocycles. The predicted octanol–water partition coefficient (Wildman–Crippen LogP) is 2.24. The minimum atomic E-state index is 0.0626. The largest absolute Gasteiger partial charge is 0.395 e. The Morgan fingerprint density at radius 1 is 1.24 bits per heavy atom. The summed E-state index contributed by atoms with van der Waals surface area (Å²) in [7, 11) is 1.95. The summed E-state index contributed by atoms with van der Waals surface area (Å²) in [6.07, 6.45) is 2.88. The molecule has 0 saturated heterocycles. The highest BCUT2D eigenvalue weighted by molar-refractivity contribution is 5.20. The summed E-state index contributed by atoms with van der Waals surface area (Å²) in [5, 5.41) is 17.5. The summed E-state index contributed by atoms with van der Waals surface area (Å²) >= 11 is 0. The molecular formula is C17H25N3O. The summed E-state index contributed by atoms with van der Waals surface area (Å²) < 4.78 is 1.86. The Bertz CT molecular complexity index is 548. The van der Waals surface area contributed by atoms with Crippen LogP contribution in [0.2, 0.25) is 0 Å². The van der Waals surface area contributed by atoms with E-state index in [1.807, 2.05) is 29.9 Å². The van der Waals surface area contributed by atoms with Crippen LogP contribution in [0.5, 0.6) is 0 Å². The normalized spacial score (nSPS) is 12.8. The molecule has 1 aromatic carbocycles. The van der Waals surface area contributed by atoms with E-state index in [-0.39, 0.29) is 12.6 Å². The first-order valence-electron chi connectivity index (χ1n) is 7.50. The van der Waals surface area contributed by atoms with E-state index in [4.69, 9.17) is 0 Å². The molecule has 1 heterocycles. The van der Waals surface area contributed by atoms with E-state index in [0.717, 1.165) is 18.7 Å². The van der Waals surface area contributed by atoms with Crippen molar-refractivity contribution >= 4 is 0 Å². The maximum absolute atomic E-state index is 9.57. The van der Waals surface area contributed by atoms with Gasteiger partial charge in [0.1, 0.15) is 0 Å². The van der Waals surface area contributed by atoms with Crippen LogP contribution >= 0.6 is 0 Å². The van der Waals surface area contributed by atoms with Gasteiger partial charge in [-0.2, -0.15) is 5.10 Å². The number of hydrogen-bond acceptors (Lipinski definition) is 3. The average Bonchev–Trinajstić information content (AvgIpc) is 2.86. The van der Waals surface area contributed by atoms with Gasteiger partial charge in [0.15, 0.2) is 0 Å². The summed E-state index contributed by atoms with van der Waals surface area (Å²) in [5.74, 6) is 0.407. The number of aryl methyl sites for hydroxylation is 1. The molecule has 0 amide bonds. The van der Waals surface area contributed by atoms with Gasteiger partial charge in [-0.25, -0.2) is 0 Å². The van der Waals surface area contributed by atoms with Crippen molar-refractivity contribution in [2.45, 2.75) is 38.8 Å². The smallest absolute Gasteiger partial charge is 0.0694 e. The molecule has 4 nitrogen and oxygen atoms in total. The van der Waals surface area contributed by atoms with Crippen LogP contribution in [-0.4, -0.2) is 27.5 Å². The Labute approximate surface area is 126 Å². The topological polar surface area (TPSA) is 50.1 Å². The zero-order valence-electron chi connectivity index (χ0n) is 13.1. The molecule has 1 aromatic heterocycles. The lowest BCUT2D eigenvalue weighted by Gasteiger charge is -2.16. The molecule has 0 spiro atoms. The predicted molar refractivity (Wildman–Crippen MR) is 85.2 cm³/mol. The number of aliphatic hydroxyl groups excluding tert-OH is 1. The number of nitrogens with one attached hydrogen (secondary N) is 1. The van der Waals surface area contributed by atoms with Crippen molar-refractivity contribution in [2.24, 2.45) is 7.05 Å². The first-order chi connectivity index (χ1) is 10.1. The van der Waals surface area contributed by atoms with E-state index in [1.165, 1.54) is 11.1 Å². The van der Waals surface area contributed by atoms with Gasteiger partial charge < -0.3 is 10.4 Å². The van der Waals surface area contributed by atoms with Crippen molar-refractivity contribution in [1.29, 1.82) is 0 Å². The average molecular weight is 287 g/mol. The quantitative estimate of drug-likeness (QED) is 0.821. The van der Waals surface area contributed by atoms with Gasteiger partial charge in [-0.3, -0.25) is 4.68 Å². The van der Waals surface area contributed by atoms with Crippen molar-refractivity contribution < 1.29 is 5.11 Å². The molecule has 4 heteroatoms. The van der Waals surface area contributed by atoms with Crippen molar-refractivity contribution in [2.75, 3.05) is 6.61 Å². The molecule has 2 aromatic rings. The van der Waals surface area contributed by atoms with Crippen LogP contribution in [0.1, 0.15) is 36.6 Å². The van der Waals surface area contributed by atoms with Gasteiger partial charge in [-0.05, 0) is 17.9 Å². The molecule has 1 unspecified atom stereocenters. The second-order valence-electron chi connectivity index (χ2n) is 5.82. The van der Waals surface area contributed by atoms with Gasteiger partial charge in [0, 0.05) is 31.4 Å². The minimum Gasteiger partial charge on any atom is -0.395 e. The van der Waals surface area contributed by atoms with Crippen LogP contribution in [-0.2, 0) is 20.0 Å². The fourth-order valence-electron chi connectivity index (χ4n) is 2.53. The van der Waals surface area contributed by atoms with E-state index < -0.39 is 0 Å². The Hall–Kier alpha value is -1.65. The van der Waals surface area contributed by atoms with E-state index in [2.05, 4.69) is 42.6 Å². The third-order valence-corrected chi connectivity index (χ3v) is 3.61. The van der Waals surface area contributed by atoms with E-state index in [9.17, 15) is 5.11 Å². The van der Waals surface area contributed by atoms with Gasteiger partial charge in [0.25, 0.3) is 0 Å². The molecule has 0 fully saturated rings. The second-order valence-corrected chi connectivity index (χ2v) is 5.82. The molecule has 21 heavy (non-hydrogen) atoms. The number of aliphatic hydroxyl groups is 1. The lowest BCUT2D eigenvalue weighted by molar-refractivity contribution is 0.240. The van der Waals surface area contributed by atoms with Crippen LogP contribution in [0.3, 0.4) is 0 Å². The molecule has 2 rings (SSSR count). The van der Waals surface area contributed by atoms with E-state index in [0.29, 0.717) is 5.92 Å². The standard InChI is InChI=1S/C17H25N3O/c1-13(2)17-15(11-20(3)19-17)10-18-16(12-21)9-14-7-5-4-6-8-14/h4-8,11,13,16,18,21H,9-10,12H2,1-3H3. The summed E-state index contributed by atoms with van der Waals surface area (Å²) in [4.78, 5) is 0. The highest BCUT2D eigenvalue weighted by Gasteiger charge is 2.13. The minimum absolute atomic E-state index is 0.0626. The highest BCUT2D eigenvalue weighted by Crippen LogP contribution is 2.17. The molecule has 0 aliphatic carbocycles. The molecule has 114 valence electrons. The van der Waals surface area contributed by atoms with Crippen LogP contribution in [0, 0.1) is 0 Å². The zero-order valence-corrected chi connectivity index (χ0v) is 13.1. The molecule has 0 radical (unpaired) electrons. The Balaban J connectivity index is 1.97. The number of benzene rings is 1. The van der Waals surface area contributed by atoms with E-state index >= 15 is 0 Å². The van der Waals surface area contributed by atoms with Crippen LogP contribution in [0.4, 0.5) is 0 Å². The molecule has 1 atom stereocenters. The molecular weight excluding hydrogens is 262 g/mol. The zero-order chi connectivity index (χ0) is 15.2. The van der Waals surface area contributed by atoms with Crippen LogP contribution in [0.15, 0.2) is 36.5 Å². The van der Waals surface area contributed by atoms with Crippen molar-refractivity contribution in [3.05, 3.63) is 53.3 Å². The van der Waals surface area contributed by atoms with Gasteiger partial charge >= 0.3 is 0 Å².